The highest BCUT2D eigenvalue weighted by atomic mass is 16.7. The van der Waals surface area contributed by atoms with Crippen LogP contribution in [-0.2, 0) is 19.0 Å². The zero-order valence-electron chi connectivity index (χ0n) is 11.7. The first kappa shape index (κ1) is 13.2. The third-order valence-corrected chi connectivity index (χ3v) is 4.08. The molecule has 3 rings (SSSR count). The molecule has 0 radical (unpaired) electrons. The van der Waals surface area contributed by atoms with Gasteiger partial charge in [0.15, 0.2) is 0 Å². The molecule has 0 aromatic carbocycles. The maximum Gasteiger partial charge on any atom is 0.409 e. The van der Waals surface area contributed by atoms with Crippen molar-refractivity contribution in [2.24, 2.45) is 11.8 Å². The summed E-state index contributed by atoms with van der Waals surface area (Å²) in [6, 6.07) is 0. The van der Waals surface area contributed by atoms with Crippen molar-refractivity contribution in [3.05, 3.63) is 11.8 Å². The molecule has 2 fully saturated rings. The molecule has 1 aliphatic carbocycles. The Balaban J connectivity index is 1.81. The van der Waals surface area contributed by atoms with Crippen molar-refractivity contribution in [1.82, 2.24) is 10.2 Å². The Morgan fingerprint density at radius 1 is 1.45 bits per heavy atom. The number of carbonyl (C=O) groups is 2. The van der Waals surface area contributed by atoms with Crippen molar-refractivity contribution in [3.63, 3.8) is 0 Å². The highest BCUT2D eigenvalue weighted by Gasteiger charge is 2.62. The van der Waals surface area contributed by atoms with Crippen molar-refractivity contribution in [2.45, 2.75) is 24.9 Å². The van der Waals surface area contributed by atoms with Crippen molar-refractivity contribution in [1.29, 1.82) is 0 Å². The summed E-state index contributed by atoms with van der Waals surface area (Å²) >= 11 is 0. The number of amides is 2. The lowest BCUT2D eigenvalue weighted by atomic mass is 9.85. The van der Waals surface area contributed by atoms with Crippen LogP contribution in [0.15, 0.2) is 11.8 Å². The van der Waals surface area contributed by atoms with E-state index >= 15 is 0 Å². The second-order valence-electron chi connectivity index (χ2n) is 5.49. The Morgan fingerprint density at radius 3 is 2.85 bits per heavy atom. The number of nitrogens with zero attached hydrogens (tertiary/aromatic N) is 1. The first-order valence-corrected chi connectivity index (χ1v) is 6.64. The molecule has 7 heteroatoms. The molecule has 1 N–H and O–H groups in total. The Kier molecular flexibility index (Phi) is 3.08. The van der Waals surface area contributed by atoms with Crippen LogP contribution in [0.5, 0.6) is 0 Å². The van der Waals surface area contributed by atoms with E-state index in [4.69, 9.17) is 14.2 Å². The summed E-state index contributed by atoms with van der Waals surface area (Å²) in [5.41, 5.74) is 0.632. The lowest BCUT2D eigenvalue weighted by Crippen LogP contribution is -2.42. The Hall–Kier alpha value is -1.76. The van der Waals surface area contributed by atoms with Crippen LogP contribution in [0.2, 0.25) is 0 Å². The number of alkyl carbamates (subject to hydrolysis) is 1. The Morgan fingerprint density at radius 2 is 2.20 bits per heavy atom. The van der Waals surface area contributed by atoms with E-state index in [1.807, 2.05) is 0 Å². The summed E-state index contributed by atoms with van der Waals surface area (Å²) in [4.78, 5) is 25.1. The lowest BCUT2D eigenvalue weighted by molar-refractivity contribution is -0.137. The van der Waals surface area contributed by atoms with Crippen molar-refractivity contribution >= 4 is 12.0 Å². The number of nitrogens with one attached hydrogen (secondary N) is 1. The molecule has 0 spiro atoms. The highest BCUT2D eigenvalue weighted by Crippen LogP contribution is 2.53. The first-order chi connectivity index (χ1) is 9.52. The smallest absolute Gasteiger partial charge is 0.409 e. The fourth-order valence-corrected chi connectivity index (χ4v) is 3.06. The van der Waals surface area contributed by atoms with E-state index in [-0.39, 0.29) is 30.0 Å². The van der Waals surface area contributed by atoms with Crippen molar-refractivity contribution < 1.29 is 23.8 Å². The predicted octanol–water partition coefficient (Wildman–Crippen LogP) is 0.0743. The van der Waals surface area contributed by atoms with Gasteiger partial charge in [0.2, 0.25) is 0 Å². The molecular formula is C13H18N2O5. The molecule has 1 saturated heterocycles. The lowest BCUT2D eigenvalue weighted by Gasteiger charge is -2.34. The molecular weight excluding hydrogens is 264 g/mol. The van der Waals surface area contributed by atoms with Gasteiger partial charge in [0.25, 0.3) is 12.2 Å². The van der Waals surface area contributed by atoms with Crippen LogP contribution in [0.3, 0.4) is 0 Å². The normalized spacial score (nSPS) is 37.0. The van der Waals surface area contributed by atoms with Gasteiger partial charge in [-0.05, 0) is 6.42 Å². The number of likely N-dealkylation sites (N-methyl/N-ethyl adjacent to an activating group) is 1. The standard InChI is InChI=1S/C13H18N2O5/c1-14-13(17)20-12-9-6(4-8-10(9)19-8)7(5-18-12)11(16)15(2)3/h5-6,8-10,12H,4H2,1-3H3,(H,14,17)/t6-,8+,9-,10+,12+/m1/s1. The minimum absolute atomic E-state index is 0.0216. The zero-order valence-corrected chi connectivity index (χ0v) is 11.7. The van der Waals surface area contributed by atoms with E-state index < -0.39 is 12.4 Å². The number of carbonyl (C=O) groups excluding carboxylic acids is 2. The number of rotatable bonds is 2. The monoisotopic (exact) mass is 282 g/mol. The molecule has 110 valence electrons. The molecule has 0 unspecified atom stereocenters. The molecule has 0 aromatic rings. The average Bonchev–Trinajstić information content (AvgIpc) is 3.08. The SMILES string of the molecule is CNC(=O)O[C@@H]1OC=C(C(=O)N(C)C)[C@H]2C[C@@H]3O[C@@H]3[C@H]12. The van der Waals surface area contributed by atoms with Crippen LogP contribution in [0.4, 0.5) is 4.79 Å². The molecule has 2 heterocycles. The molecule has 7 nitrogen and oxygen atoms in total. The second-order valence-corrected chi connectivity index (χ2v) is 5.49. The summed E-state index contributed by atoms with van der Waals surface area (Å²) in [5, 5.41) is 2.39. The Labute approximate surface area is 116 Å². The average molecular weight is 282 g/mol. The quantitative estimate of drug-likeness (QED) is 0.725. The molecule has 20 heavy (non-hydrogen) atoms. The van der Waals surface area contributed by atoms with Crippen LogP contribution in [0.25, 0.3) is 0 Å². The van der Waals surface area contributed by atoms with Crippen LogP contribution in [0, 0.1) is 11.8 Å². The van der Waals surface area contributed by atoms with Gasteiger partial charge in [-0.15, -0.1) is 0 Å². The summed E-state index contributed by atoms with van der Waals surface area (Å²) in [5.74, 6) is -0.155. The minimum atomic E-state index is -0.698. The van der Waals surface area contributed by atoms with E-state index in [1.54, 1.807) is 14.1 Å². The van der Waals surface area contributed by atoms with E-state index in [0.717, 1.165) is 6.42 Å². The van der Waals surface area contributed by atoms with Gasteiger partial charge < -0.3 is 24.4 Å². The van der Waals surface area contributed by atoms with E-state index in [9.17, 15) is 9.59 Å². The van der Waals surface area contributed by atoms with Gasteiger partial charge in [-0.1, -0.05) is 0 Å². The number of epoxide rings is 1. The van der Waals surface area contributed by atoms with Crippen molar-refractivity contribution in [3.8, 4) is 0 Å². The molecule has 5 atom stereocenters. The molecule has 1 saturated carbocycles. The molecule has 2 aliphatic heterocycles. The van der Waals surface area contributed by atoms with Crippen LogP contribution < -0.4 is 5.32 Å². The molecule has 2 amide bonds. The fourth-order valence-electron chi connectivity index (χ4n) is 3.06. The fraction of sp³-hybridized carbons (Fsp3) is 0.692. The van der Waals surface area contributed by atoms with E-state index in [0.29, 0.717) is 5.57 Å². The second kappa shape index (κ2) is 4.66. The van der Waals surface area contributed by atoms with Crippen molar-refractivity contribution in [2.75, 3.05) is 21.1 Å². The minimum Gasteiger partial charge on any atom is -0.461 e. The van der Waals surface area contributed by atoms with E-state index in [2.05, 4.69) is 5.32 Å². The molecule has 3 aliphatic rings. The summed E-state index contributed by atoms with van der Waals surface area (Å²) < 4.78 is 16.2. The number of hydrogen-bond acceptors (Lipinski definition) is 5. The number of fused-ring (bicyclic) bond motifs is 3. The van der Waals surface area contributed by atoms with Crippen LogP contribution in [0.1, 0.15) is 6.42 Å². The van der Waals surface area contributed by atoms with Crippen LogP contribution in [-0.4, -0.2) is 56.5 Å². The number of hydrogen-bond donors (Lipinski definition) is 1. The highest BCUT2D eigenvalue weighted by molar-refractivity contribution is 5.93. The van der Waals surface area contributed by atoms with Gasteiger partial charge in [0, 0.05) is 27.1 Å². The number of ether oxygens (including phenoxy) is 3. The topological polar surface area (TPSA) is 80.4 Å². The van der Waals surface area contributed by atoms with Gasteiger partial charge in [-0.25, -0.2) is 4.79 Å². The zero-order chi connectivity index (χ0) is 14.4. The molecule has 0 bridgehead atoms. The molecule has 0 aromatic heterocycles. The maximum atomic E-state index is 12.2. The Bertz CT molecular complexity index is 475. The van der Waals surface area contributed by atoms with Gasteiger partial charge in [-0.2, -0.15) is 0 Å². The van der Waals surface area contributed by atoms with Gasteiger partial charge >= 0.3 is 6.09 Å². The summed E-state index contributed by atoms with van der Waals surface area (Å²) in [6.45, 7) is 0. The van der Waals surface area contributed by atoms with E-state index in [1.165, 1.54) is 18.2 Å². The third-order valence-electron chi connectivity index (χ3n) is 4.08. The van der Waals surface area contributed by atoms with Crippen LogP contribution >= 0.6 is 0 Å². The van der Waals surface area contributed by atoms with Gasteiger partial charge in [0.1, 0.15) is 0 Å². The maximum absolute atomic E-state index is 12.2. The van der Waals surface area contributed by atoms with Gasteiger partial charge in [-0.3, -0.25) is 4.79 Å². The first-order valence-electron chi connectivity index (χ1n) is 6.64. The summed E-state index contributed by atoms with van der Waals surface area (Å²) in [6.07, 6.45) is 1.14. The predicted molar refractivity (Wildman–Crippen MR) is 67.4 cm³/mol. The summed E-state index contributed by atoms with van der Waals surface area (Å²) in [7, 11) is 4.90. The third kappa shape index (κ3) is 2.02. The largest absolute Gasteiger partial charge is 0.461 e. The van der Waals surface area contributed by atoms with Gasteiger partial charge in [0.05, 0.1) is 30.0 Å².